The number of amides is 2. The minimum absolute atomic E-state index is 0.0570. The zero-order chi connectivity index (χ0) is 22.4. The molecule has 1 unspecified atom stereocenters. The number of nitrogens with zero attached hydrogens (tertiary/aromatic N) is 3. The van der Waals surface area contributed by atoms with Gasteiger partial charge in [-0.15, -0.1) is 0 Å². The number of hydrogen-bond acceptors (Lipinski definition) is 4. The van der Waals surface area contributed by atoms with Crippen LogP contribution in [0.3, 0.4) is 0 Å². The molecule has 172 valence electrons. The molecule has 2 atom stereocenters. The number of benzene rings is 1. The first-order chi connectivity index (χ1) is 14.9. The topological polar surface area (TPSA) is 57.2 Å². The van der Waals surface area contributed by atoms with Gasteiger partial charge in [0.05, 0.1) is 18.4 Å². The van der Waals surface area contributed by atoms with Crippen molar-refractivity contribution in [3.8, 4) is 5.75 Å². The molecule has 2 amide bonds. The number of hydrazone groups is 1. The Kier molecular flexibility index (Phi) is 8.35. The van der Waals surface area contributed by atoms with Crippen LogP contribution in [-0.2, 0) is 0 Å². The first-order valence-corrected chi connectivity index (χ1v) is 12.1. The van der Waals surface area contributed by atoms with Gasteiger partial charge in [-0.05, 0) is 76.5 Å². The van der Waals surface area contributed by atoms with Gasteiger partial charge < -0.3 is 15.0 Å². The average molecular weight is 429 g/mol. The normalized spacial score (nSPS) is 20.8. The Bertz CT molecular complexity index is 736. The van der Waals surface area contributed by atoms with Crippen LogP contribution in [0.2, 0.25) is 0 Å². The van der Waals surface area contributed by atoms with E-state index >= 15 is 0 Å². The van der Waals surface area contributed by atoms with Crippen molar-refractivity contribution in [2.24, 2.45) is 11.0 Å². The summed E-state index contributed by atoms with van der Waals surface area (Å²) in [4.78, 5) is 15.5. The summed E-state index contributed by atoms with van der Waals surface area (Å²) in [6.07, 6.45) is 5.97. The van der Waals surface area contributed by atoms with Crippen molar-refractivity contribution < 1.29 is 9.53 Å². The molecule has 31 heavy (non-hydrogen) atoms. The van der Waals surface area contributed by atoms with Crippen LogP contribution in [0.25, 0.3) is 0 Å². The molecule has 1 saturated carbocycles. The van der Waals surface area contributed by atoms with E-state index in [4.69, 9.17) is 9.84 Å². The van der Waals surface area contributed by atoms with E-state index in [1.807, 2.05) is 26.0 Å². The van der Waals surface area contributed by atoms with Gasteiger partial charge in [0.25, 0.3) is 0 Å². The Balaban J connectivity index is 1.80. The number of carbonyl (C=O) groups excluding carboxylic acids is 1. The number of rotatable bonds is 8. The lowest BCUT2D eigenvalue weighted by Gasteiger charge is -2.32. The maximum absolute atomic E-state index is 13.0. The molecule has 2 aliphatic rings. The summed E-state index contributed by atoms with van der Waals surface area (Å²) in [5, 5.41) is 9.72. The molecular weight excluding hydrogens is 388 g/mol. The van der Waals surface area contributed by atoms with Crippen molar-refractivity contribution >= 4 is 11.7 Å². The second-order valence-electron chi connectivity index (χ2n) is 9.11. The molecule has 1 aliphatic carbocycles. The minimum Gasteiger partial charge on any atom is -0.491 e. The summed E-state index contributed by atoms with van der Waals surface area (Å²) in [5.74, 6) is 1.03. The lowest BCUT2D eigenvalue weighted by atomic mass is 9.90. The van der Waals surface area contributed by atoms with Crippen molar-refractivity contribution in [3.05, 3.63) is 29.8 Å². The summed E-state index contributed by atoms with van der Waals surface area (Å²) in [6.45, 7) is 13.3. The van der Waals surface area contributed by atoms with Gasteiger partial charge in [0.15, 0.2) is 0 Å². The number of carbonyl (C=O) groups is 1. The van der Waals surface area contributed by atoms with Crippen molar-refractivity contribution in [2.45, 2.75) is 84.9 Å². The second kappa shape index (κ2) is 11.0. The zero-order valence-corrected chi connectivity index (χ0v) is 19.9. The van der Waals surface area contributed by atoms with Crippen molar-refractivity contribution in [1.82, 2.24) is 15.2 Å². The fourth-order valence-electron chi connectivity index (χ4n) is 4.83. The van der Waals surface area contributed by atoms with Gasteiger partial charge in [0, 0.05) is 18.0 Å². The molecule has 0 bridgehead atoms. The highest BCUT2D eigenvalue weighted by Gasteiger charge is 2.37. The minimum atomic E-state index is -0.0570. The Morgan fingerprint density at radius 1 is 1.13 bits per heavy atom. The van der Waals surface area contributed by atoms with Crippen LogP contribution in [-0.4, -0.2) is 59.5 Å². The average Bonchev–Trinajstić information content (AvgIpc) is 3.21. The molecule has 1 heterocycles. The maximum atomic E-state index is 13.0. The Morgan fingerprint density at radius 3 is 2.35 bits per heavy atom. The number of ether oxygens (including phenoxy) is 1. The lowest BCUT2D eigenvalue weighted by Crippen LogP contribution is -2.46. The third kappa shape index (κ3) is 6.00. The Hall–Kier alpha value is -2.08. The van der Waals surface area contributed by atoms with E-state index in [0.717, 1.165) is 43.0 Å². The van der Waals surface area contributed by atoms with Gasteiger partial charge in [-0.2, -0.15) is 5.10 Å². The fourth-order valence-corrected chi connectivity index (χ4v) is 4.83. The highest BCUT2D eigenvalue weighted by molar-refractivity contribution is 6.04. The summed E-state index contributed by atoms with van der Waals surface area (Å²) in [7, 11) is 0. The Labute approximate surface area is 188 Å². The molecule has 6 nitrogen and oxygen atoms in total. The largest absolute Gasteiger partial charge is 0.491 e. The molecule has 0 radical (unpaired) electrons. The molecular formula is C25H40N4O2. The highest BCUT2D eigenvalue weighted by Crippen LogP contribution is 2.27. The fraction of sp³-hybridized carbons (Fsp3) is 0.680. The smallest absolute Gasteiger partial charge is 0.338 e. The number of urea groups is 1. The van der Waals surface area contributed by atoms with Crippen LogP contribution >= 0.6 is 0 Å². The van der Waals surface area contributed by atoms with Gasteiger partial charge in [-0.25, -0.2) is 9.80 Å². The van der Waals surface area contributed by atoms with E-state index in [9.17, 15) is 4.79 Å². The Morgan fingerprint density at radius 2 is 1.77 bits per heavy atom. The van der Waals surface area contributed by atoms with Crippen LogP contribution in [0.5, 0.6) is 5.75 Å². The van der Waals surface area contributed by atoms with E-state index in [0.29, 0.717) is 12.6 Å². The molecule has 0 aromatic heterocycles. The molecule has 1 N–H and O–H groups in total. The monoisotopic (exact) mass is 428 g/mol. The van der Waals surface area contributed by atoms with Gasteiger partial charge >= 0.3 is 6.03 Å². The van der Waals surface area contributed by atoms with E-state index < -0.39 is 0 Å². The first-order valence-electron chi connectivity index (χ1n) is 12.1. The summed E-state index contributed by atoms with van der Waals surface area (Å²) < 4.78 is 5.80. The molecule has 1 fully saturated rings. The SMILES string of the molecule is CCN(CC)C(C)[C@H]1CN(C(=O)NC2CCCCC2)N=C1c1ccc(OC(C)C)cc1. The lowest BCUT2D eigenvalue weighted by molar-refractivity contribution is 0.169. The predicted molar refractivity (Wildman–Crippen MR) is 127 cm³/mol. The molecule has 0 spiro atoms. The van der Waals surface area contributed by atoms with Gasteiger partial charge in [0.1, 0.15) is 5.75 Å². The van der Waals surface area contributed by atoms with Crippen molar-refractivity contribution in [1.29, 1.82) is 0 Å². The molecule has 3 rings (SSSR count). The van der Waals surface area contributed by atoms with Crippen LogP contribution in [0.1, 0.15) is 72.3 Å². The van der Waals surface area contributed by atoms with Crippen molar-refractivity contribution in [2.75, 3.05) is 19.6 Å². The molecule has 1 aromatic rings. The third-order valence-corrected chi connectivity index (χ3v) is 6.61. The second-order valence-corrected chi connectivity index (χ2v) is 9.11. The van der Waals surface area contributed by atoms with Crippen LogP contribution in [0.15, 0.2) is 29.4 Å². The predicted octanol–water partition coefficient (Wildman–Crippen LogP) is 4.88. The number of nitrogens with one attached hydrogen (secondary N) is 1. The maximum Gasteiger partial charge on any atom is 0.338 e. The molecule has 1 aliphatic heterocycles. The summed E-state index contributed by atoms with van der Waals surface area (Å²) in [5.41, 5.74) is 2.06. The van der Waals surface area contributed by atoms with E-state index in [1.165, 1.54) is 19.3 Å². The van der Waals surface area contributed by atoms with Gasteiger partial charge in [-0.1, -0.05) is 33.1 Å². The first kappa shape index (κ1) is 23.6. The van der Waals surface area contributed by atoms with Gasteiger partial charge in [-0.3, -0.25) is 0 Å². The van der Waals surface area contributed by atoms with Crippen LogP contribution in [0.4, 0.5) is 4.79 Å². The quantitative estimate of drug-likeness (QED) is 0.642. The molecule has 0 saturated heterocycles. The zero-order valence-electron chi connectivity index (χ0n) is 19.9. The van der Waals surface area contributed by atoms with Crippen molar-refractivity contribution in [3.63, 3.8) is 0 Å². The molecule has 6 heteroatoms. The number of hydrogen-bond donors (Lipinski definition) is 1. The van der Waals surface area contributed by atoms with Crippen LogP contribution in [0, 0.1) is 5.92 Å². The van der Waals surface area contributed by atoms with E-state index in [2.05, 4.69) is 43.1 Å². The van der Waals surface area contributed by atoms with E-state index in [1.54, 1.807) is 5.01 Å². The van der Waals surface area contributed by atoms with Gasteiger partial charge in [0.2, 0.25) is 0 Å². The summed E-state index contributed by atoms with van der Waals surface area (Å²) >= 11 is 0. The van der Waals surface area contributed by atoms with E-state index in [-0.39, 0.29) is 24.1 Å². The third-order valence-electron chi connectivity index (χ3n) is 6.61. The molecule has 1 aromatic carbocycles. The standard InChI is InChI=1S/C25H40N4O2/c1-6-28(7-2)19(5)23-17-29(25(30)26-21-11-9-8-10-12-21)27-24(23)20-13-15-22(16-14-20)31-18(3)4/h13-16,18-19,21,23H,6-12,17H2,1-5H3,(H,26,30)/t19?,23-/m1/s1. The highest BCUT2D eigenvalue weighted by atomic mass is 16.5. The van der Waals surface area contributed by atoms with Crippen LogP contribution < -0.4 is 10.1 Å². The summed E-state index contributed by atoms with van der Waals surface area (Å²) in [6, 6.07) is 8.67.